The lowest BCUT2D eigenvalue weighted by atomic mass is 9.87. The summed E-state index contributed by atoms with van der Waals surface area (Å²) in [7, 11) is -16.4. The highest BCUT2D eigenvalue weighted by Crippen LogP contribution is 2.61. The minimum atomic E-state index is -5.57. The zero-order valence-corrected chi connectivity index (χ0v) is 42.8. The number of phosphoric ester groups is 3. The van der Waals surface area contributed by atoms with Crippen molar-refractivity contribution in [2.24, 2.45) is 11.3 Å². The van der Waals surface area contributed by atoms with Crippen molar-refractivity contribution in [2.45, 2.75) is 161 Å². The summed E-state index contributed by atoms with van der Waals surface area (Å²) in [6.45, 7) is 5.20. The van der Waals surface area contributed by atoms with E-state index in [0.717, 1.165) is 54.2 Å². The fourth-order valence-corrected chi connectivity index (χ4v) is 10.8. The average Bonchev–Trinajstić information content (AvgIpc) is 3.82. The maximum absolute atomic E-state index is 12.7. The van der Waals surface area contributed by atoms with Crippen LogP contribution >= 0.6 is 35.2 Å². The summed E-state index contributed by atoms with van der Waals surface area (Å²) in [5, 5.41) is 26.7. The van der Waals surface area contributed by atoms with Gasteiger partial charge in [-0.3, -0.25) is 32.5 Å². The Kier molecular flexibility index (Phi) is 25.7. The number of nitrogens with zero attached hydrogens (tertiary/aromatic N) is 4. The van der Waals surface area contributed by atoms with Crippen molar-refractivity contribution in [3.63, 3.8) is 0 Å². The molecule has 0 radical (unpaired) electrons. The molecule has 28 heteroatoms. The van der Waals surface area contributed by atoms with Crippen LogP contribution < -0.4 is 16.4 Å². The standard InChI is InChI=1S/C40H72N7O17P3S/c1-5-6-14-17-28(2)18-15-12-10-8-7-9-11-13-16-19-31(49)68-23-22-42-30(48)20-21-43-38(52)35(51)40(3,4)25-61-67(58,59)64-66(56,57)60-24-29-34(63-65(53,54)55)33(50)39(62-29)47-27-46-32-36(41)44-26-45-37(32)47/h26-29,33-35,39,50-51H,5-25H2,1-4H3,(H,42,48)(H,43,52)(H,56,57)(H,58,59)(H2,41,44,45)(H2,53,54,55). The van der Waals surface area contributed by atoms with Gasteiger partial charge in [0.1, 0.15) is 36.3 Å². The number of ether oxygens (including phenoxy) is 1. The van der Waals surface area contributed by atoms with Crippen molar-refractivity contribution in [1.82, 2.24) is 30.2 Å². The van der Waals surface area contributed by atoms with E-state index < -0.39 is 84.6 Å². The van der Waals surface area contributed by atoms with Gasteiger partial charge in [-0.2, -0.15) is 4.31 Å². The number of aromatic nitrogens is 4. The molecule has 390 valence electrons. The van der Waals surface area contributed by atoms with Gasteiger partial charge >= 0.3 is 23.5 Å². The van der Waals surface area contributed by atoms with Gasteiger partial charge < -0.3 is 50.9 Å². The van der Waals surface area contributed by atoms with Crippen molar-refractivity contribution in [2.75, 3.05) is 37.8 Å². The summed E-state index contributed by atoms with van der Waals surface area (Å²) in [6, 6.07) is 0. The lowest BCUT2D eigenvalue weighted by Crippen LogP contribution is -2.46. The maximum atomic E-state index is 12.7. The lowest BCUT2D eigenvalue weighted by Gasteiger charge is -2.30. The first-order valence-electron chi connectivity index (χ1n) is 23.0. The summed E-state index contributed by atoms with van der Waals surface area (Å²) in [5.74, 6) is -0.180. The molecule has 8 unspecified atom stereocenters. The van der Waals surface area contributed by atoms with Gasteiger partial charge in [-0.1, -0.05) is 123 Å². The first-order valence-corrected chi connectivity index (χ1v) is 28.5. The molecule has 0 bridgehead atoms. The Hall–Kier alpha value is -2.44. The van der Waals surface area contributed by atoms with E-state index in [4.69, 9.17) is 19.5 Å². The predicted molar refractivity (Wildman–Crippen MR) is 251 cm³/mol. The number of amides is 2. The van der Waals surface area contributed by atoms with Crippen molar-refractivity contribution < 1.29 is 80.5 Å². The molecule has 1 fully saturated rings. The minimum absolute atomic E-state index is 0.0339. The number of rotatable bonds is 35. The highest BCUT2D eigenvalue weighted by Gasteiger charge is 2.50. The van der Waals surface area contributed by atoms with Gasteiger partial charge in [0.05, 0.1) is 19.5 Å². The zero-order chi connectivity index (χ0) is 50.5. The second kappa shape index (κ2) is 29.2. The third-order valence-electron chi connectivity index (χ3n) is 11.1. The van der Waals surface area contributed by atoms with Crippen molar-refractivity contribution in [3.8, 4) is 0 Å². The monoisotopic (exact) mass is 1050 g/mol. The number of hydrogen-bond acceptors (Lipinski definition) is 18. The Labute approximate surface area is 401 Å². The number of carbonyl (C=O) groups excluding carboxylic acids is 3. The second-order valence-electron chi connectivity index (χ2n) is 17.6. The van der Waals surface area contributed by atoms with Gasteiger partial charge in [0.2, 0.25) is 11.8 Å². The first-order chi connectivity index (χ1) is 31.9. The normalized spacial score (nSPS) is 20.4. The Balaban J connectivity index is 1.29. The lowest BCUT2D eigenvalue weighted by molar-refractivity contribution is -0.137. The molecule has 8 atom stereocenters. The smallest absolute Gasteiger partial charge is 0.386 e. The molecule has 2 aromatic rings. The molecule has 0 spiro atoms. The second-order valence-corrected chi connectivity index (χ2v) is 23.0. The minimum Gasteiger partial charge on any atom is -0.386 e. The molecular formula is C40H72N7O17P3S. The van der Waals surface area contributed by atoms with Crippen LogP contribution in [0.5, 0.6) is 0 Å². The third kappa shape index (κ3) is 21.9. The molecular weight excluding hydrogens is 975 g/mol. The predicted octanol–water partition coefficient (Wildman–Crippen LogP) is 5.17. The van der Waals surface area contributed by atoms with Crippen LogP contribution in [0.1, 0.15) is 137 Å². The van der Waals surface area contributed by atoms with E-state index in [2.05, 4.69) is 48.3 Å². The van der Waals surface area contributed by atoms with Gasteiger partial charge in [-0.05, 0) is 12.3 Å². The van der Waals surface area contributed by atoms with Gasteiger partial charge in [0.15, 0.2) is 22.8 Å². The van der Waals surface area contributed by atoms with Gasteiger partial charge in [0, 0.05) is 37.1 Å². The van der Waals surface area contributed by atoms with Crippen LogP contribution in [0.15, 0.2) is 12.7 Å². The van der Waals surface area contributed by atoms with E-state index >= 15 is 0 Å². The number of aliphatic hydroxyl groups excluding tert-OH is 2. The van der Waals surface area contributed by atoms with Crippen molar-refractivity contribution in [3.05, 3.63) is 12.7 Å². The number of anilines is 1. The SMILES string of the molecule is CCCCCC(C)CCCCCCCCCCCC(=O)SCCNC(=O)CCNC(=O)C(O)C(C)(C)COP(=O)(O)OP(=O)(O)OCC1OC(n2cnc3c(N)ncnc32)C(O)C1OP(=O)(O)O. The van der Waals surface area contributed by atoms with E-state index in [1.54, 1.807) is 0 Å². The van der Waals surface area contributed by atoms with E-state index in [1.165, 1.54) is 84.5 Å². The van der Waals surface area contributed by atoms with Crippen LogP contribution in [0, 0.1) is 11.3 Å². The Morgan fingerprint density at radius 3 is 2.15 bits per heavy atom. The summed E-state index contributed by atoms with van der Waals surface area (Å²) in [6.07, 6.45) is 10.9. The van der Waals surface area contributed by atoms with Crippen LogP contribution in [0.2, 0.25) is 0 Å². The van der Waals surface area contributed by atoms with E-state index in [1.807, 2.05) is 0 Å². The molecule has 3 rings (SSSR count). The number of fused-ring (bicyclic) bond motifs is 1. The molecule has 1 aliphatic heterocycles. The number of nitrogen functional groups attached to an aromatic ring is 1. The molecule has 68 heavy (non-hydrogen) atoms. The fourth-order valence-electron chi connectivity index (χ4n) is 7.25. The summed E-state index contributed by atoms with van der Waals surface area (Å²) >= 11 is 1.16. The molecule has 1 saturated heterocycles. The number of imidazole rings is 1. The number of carbonyl (C=O) groups is 3. The molecule has 2 aromatic heterocycles. The van der Waals surface area contributed by atoms with E-state index in [0.29, 0.717) is 12.2 Å². The zero-order valence-electron chi connectivity index (χ0n) is 39.3. The van der Waals surface area contributed by atoms with Crippen LogP contribution in [-0.2, 0) is 50.7 Å². The molecule has 0 aliphatic carbocycles. The molecule has 2 amide bonds. The number of phosphoric acid groups is 3. The van der Waals surface area contributed by atoms with Gasteiger partial charge in [-0.15, -0.1) is 0 Å². The quantitative estimate of drug-likeness (QED) is 0.0317. The highest BCUT2D eigenvalue weighted by molar-refractivity contribution is 8.13. The number of aliphatic hydroxyl groups is 2. The average molecular weight is 1050 g/mol. The molecule has 1 aliphatic rings. The Bertz CT molecular complexity index is 2030. The van der Waals surface area contributed by atoms with Crippen molar-refractivity contribution in [1.29, 1.82) is 0 Å². The molecule has 0 aromatic carbocycles. The van der Waals surface area contributed by atoms with E-state index in [9.17, 15) is 57.9 Å². The summed E-state index contributed by atoms with van der Waals surface area (Å²) < 4.78 is 62.5. The van der Waals surface area contributed by atoms with Crippen LogP contribution in [0.3, 0.4) is 0 Å². The van der Waals surface area contributed by atoms with Gasteiger partial charge in [-0.25, -0.2) is 28.6 Å². The fraction of sp³-hybridized carbons (Fsp3) is 0.800. The Morgan fingerprint density at radius 1 is 0.882 bits per heavy atom. The van der Waals surface area contributed by atoms with Crippen molar-refractivity contribution >= 4 is 69.1 Å². The first kappa shape index (κ1) is 59.9. The largest absolute Gasteiger partial charge is 0.481 e. The summed E-state index contributed by atoms with van der Waals surface area (Å²) in [4.78, 5) is 88.4. The maximum Gasteiger partial charge on any atom is 0.481 e. The van der Waals surface area contributed by atoms with Crippen LogP contribution in [0.25, 0.3) is 11.2 Å². The topological polar surface area (TPSA) is 364 Å². The molecule has 0 saturated carbocycles. The summed E-state index contributed by atoms with van der Waals surface area (Å²) in [5.41, 5.74) is 4.29. The molecule has 10 N–H and O–H groups in total. The van der Waals surface area contributed by atoms with Crippen LogP contribution in [0.4, 0.5) is 5.82 Å². The van der Waals surface area contributed by atoms with Crippen LogP contribution in [-0.4, -0.2) is 123 Å². The van der Waals surface area contributed by atoms with E-state index in [-0.39, 0.29) is 41.6 Å². The molecule has 3 heterocycles. The number of hydrogen-bond donors (Lipinski definition) is 9. The number of nitrogens with two attached hydrogens (primary N) is 1. The highest BCUT2D eigenvalue weighted by atomic mass is 32.2. The van der Waals surface area contributed by atoms with Gasteiger partial charge in [0.25, 0.3) is 0 Å². The Morgan fingerprint density at radius 2 is 1.50 bits per heavy atom. The molecule has 24 nitrogen and oxygen atoms in total. The third-order valence-corrected chi connectivity index (χ3v) is 15.2. The number of unbranched alkanes of at least 4 members (excludes halogenated alkanes) is 10. The number of nitrogens with one attached hydrogen (secondary N) is 2. The number of thioether (sulfide) groups is 1.